The van der Waals surface area contributed by atoms with E-state index in [9.17, 15) is 23.2 Å². The summed E-state index contributed by atoms with van der Waals surface area (Å²) in [6.45, 7) is 2.11. The lowest BCUT2D eigenvalue weighted by molar-refractivity contribution is 0.0303. The van der Waals surface area contributed by atoms with Crippen molar-refractivity contribution in [2.24, 2.45) is 7.05 Å². The standard InChI is InChI=1S/C31H25F2N5O4/c1-36-18-26(24-3-2-4-27-25(24)9-10-38(27)30(40)20-15-21(32)17-22(33)16-20)35-28(31(36)41)34-23-7-5-19(6-8-23)29(39)37-11-13-42-14-12-37/h2-10,15-18H,11-14H2,1H3,(H,34,35). The van der Waals surface area contributed by atoms with Crippen LogP contribution in [0.4, 0.5) is 20.3 Å². The van der Waals surface area contributed by atoms with Gasteiger partial charge in [-0.25, -0.2) is 13.8 Å². The second-order valence-corrected chi connectivity index (χ2v) is 9.89. The highest BCUT2D eigenvalue weighted by molar-refractivity contribution is 6.05. The van der Waals surface area contributed by atoms with Gasteiger partial charge >= 0.3 is 0 Å². The minimum atomic E-state index is -0.844. The lowest BCUT2D eigenvalue weighted by Gasteiger charge is -2.26. The monoisotopic (exact) mass is 569 g/mol. The lowest BCUT2D eigenvalue weighted by Crippen LogP contribution is -2.40. The first-order chi connectivity index (χ1) is 20.3. The number of anilines is 2. The predicted molar refractivity (Wildman–Crippen MR) is 153 cm³/mol. The smallest absolute Gasteiger partial charge is 0.293 e. The van der Waals surface area contributed by atoms with Gasteiger partial charge in [0, 0.05) is 66.4 Å². The van der Waals surface area contributed by atoms with Crippen LogP contribution in [0.1, 0.15) is 20.7 Å². The lowest BCUT2D eigenvalue weighted by atomic mass is 10.1. The van der Waals surface area contributed by atoms with E-state index in [0.717, 1.165) is 12.1 Å². The molecule has 1 aliphatic rings. The summed E-state index contributed by atoms with van der Waals surface area (Å²) in [6, 6.07) is 16.5. The second-order valence-electron chi connectivity index (χ2n) is 9.89. The summed E-state index contributed by atoms with van der Waals surface area (Å²) in [5.41, 5.74) is 2.24. The second kappa shape index (κ2) is 11.0. The number of halogens is 2. The number of hydrogen-bond acceptors (Lipinski definition) is 6. The van der Waals surface area contributed by atoms with Crippen LogP contribution in [0.2, 0.25) is 0 Å². The Morgan fingerprint density at radius 2 is 1.62 bits per heavy atom. The molecule has 1 N–H and O–H groups in total. The Bertz CT molecular complexity index is 1870. The molecule has 1 saturated heterocycles. The van der Waals surface area contributed by atoms with Gasteiger partial charge in [0.2, 0.25) is 0 Å². The van der Waals surface area contributed by atoms with Crippen LogP contribution >= 0.6 is 0 Å². The summed E-state index contributed by atoms with van der Waals surface area (Å²) >= 11 is 0. The number of ether oxygens (including phenoxy) is 1. The maximum absolute atomic E-state index is 13.8. The van der Waals surface area contributed by atoms with Crippen LogP contribution in [-0.2, 0) is 11.8 Å². The molecule has 1 amide bonds. The topological polar surface area (TPSA) is 98.5 Å². The molecule has 3 aromatic carbocycles. The first-order valence-corrected chi connectivity index (χ1v) is 13.2. The first kappa shape index (κ1) is 27.0. The first-order valence-electron chi connectivity index (χ1n) is 13.2. The van der Waals surface area contributed by atoms with Crippen LogP contribution in [0.25, 0.3) is 22.2 Å². The number of hydrogen-bond donors (Lipinski definition) is 1. The predicted octanol–water partition coefficient (Wildman–Crippen LogP) is 4.58. The number of fused-ring (bicyclic) bond motifs is 1. The number of carbonyl (C=O) groups excluding carboxylic acids is 2. The van der Waals surface area contributed by atoms with Crippen molar-refractivity contribution in [1.82, 2.24) is 19.0 Å². The Balaban J connectivity index is 1.30. The molecule has 0 radical (unpaired) electrons. The third-order valence-corrected chi connectivity index (χ3v) is 7.10. The fourth-order valence-corrected chi connectivity index (χ4v) is 4.98. The van der Waals surface area contributed by atoms with Gasteiger partial charge in [-0.05, 0) is 48.5 Å². The van der Waals surface area contributed by atoms with E-state index in [1.165, 1.54) is 15.3 Å². The number of nitrogens with zero attached hydrogens (tertiary/aromatic N) is 4. The van der Waals surface area contributed by atoms with Crippen molar-refractivity contribution in [3.8, 4) is 11.3 Å². The maximum atomic E-state index is 13.8. The summed E-state index contributed by atoms with van der Waals surface area (Å²) in [7, 11) is 1.61. The Morgan fingerprint density at radius 1 is 0.905 bits per heavy atom. The van der Waals surface area contributed by atoms with E-state index in [4.69, 9.17) is 4.74 Å². The molecule has 0 bridgehead atoms. The number of amides is 1. The van der Waals surface area contributed by atoms with Crippen molar-refractivity contribution in [2.45, 2.75) is 0 Å². The van der Waals surface area contributed by atoms with Crippen molar-refractivity contribution in [1.29, 1.82) is 0 Å². The largest absolute Gasteiger partial charge is 0.378 e. The number of nitrogens with one attached hydrogen (secondary N) is 1. The molecule has 9 nitrogen and oxygen atoms in total. The van der Waals surface area contributed by atoms with E-state index in [-0.39, 0.29) is 22.8 Å². The Labute approximate surface area is 238 Å². The Hall–Kier alpha value is -5.16. The van der Waals surface area contributed by atoms with Gasteiger partial charge in [-0.2, -0.15) is 0 Å². The molecule has 0 aliphatic carbocycles. The van der Waals surface area contributed by atoms with Crippen LogP contribution in [0.3, 0.4) is 0 Å². The van der Waals surface area contributed by atoms with Gasteiger partial charge < -0.3 is 19.5 Å². The zero-order valence-corrected chi connectivity index (χ0v) is 22.5. The molecule has 212 valence electrons. The number of rotatable bonds is 5. The molecular weight excluding hydrogens is 544 g/mol. The van der Waals surface area contributed by atoms with E-state index in [2.05, 4.69) is 10.3 Å². The van der Waals surface area contributed by atoms with Gasteiger partial charge in [0.25, 0.3) is 17.4 Å². The average Bonchev–Trinajstić information content (AvgIpc) is 3.43. The van der Waals surface area contributed by atoms with E-state index < -0.39 is 17.5 Å². The Morgan fingerprint density at radius 3 is 2.33 bits per heavy atom. The van der Waals surface area contributed by atoms with Crippen molar-refractivity contribution in [3.63, 3.8) is 0 Å². The molecule has 0 spiro atoms. The number of aromatic nitrogens is 3. The number of morpholine rings is 1. The Kier molecular flexibility index (Phi) is 7.09. The number of carbonyl (C=O) groups is 2. The molecule has 3 heterocycles. The molecule has 5 aromatic rings. The average molecular weight is 570 g/mol. The molecule has 0 unspecified atom stereocenters. The minimum absolute atomic E-state index is 0.0741. The third-order valence-electron chi connectivity index (χ3n) is 7.10. The number of aryl methyl sites for hydroxylation is 1. The van der Waals surface area contributed by atoms with Crippen LogP contribution < -0.4 is 10.9 Å². The van der Waals surface area contributed by atoms with Crippen molar-refractivity contribution < 1.29 is 23.1 Å². The third kappa shape index (κ3) is 5.17. The highest BCUT2D eigenvalue weighted by Crippen LogP contribution is 2.29. The SMILES string of the molecule is Cn1cc(-c2cccc3c2ccn3C(=O)c2cc(F)cc(F)c2)nc(Nc2ccc(C(=O)N3CCOCC3)cc2)c1=O. The number of benzene rings is 3. The minimum Gasteiger partial charge on any atom is -0.378 e. The molecule has 0 atom stereocenters. The summed E-state index contributed by atoms with van der Waals surface area (Å²) < 4.78 is 35.5. The highest BCUT2D eigenvalue weighted by atomic mass is 19.1. The molecule has 1 aliphatic heterocycles. The van der Waals surface area contributed by atoms with Gasteiger partial charge in [0.15, 0.2) is 5.82 Å². The fraction of sp³-hybridized carbons (Fsp3) is 0.161. The van der Waals surface area contributed by atoms with E-state index >= 15 is 0 Å². The van der Waals surface area contributed by atoms with Gasteiger partial charge in [-0.15, -0.1) is 0 Å². The van der Waals surface area contributed by atoms with Gasteiger partial charge in [0.05, 0.1) is 24.4 Å². The molecule has 1 fully saturated rings. The van der Waals surface area contributed by atoms with E-state index in [1.54, 1.807) is 60.6 Å². The van der Waals surface area contributed by atoms with Crippen LogP contribution in [0, 0.1) is 11.6 Å². The van der Waals surface area contributed by atoms with E-state index in [0.29, 0.717) is 65.8 Å². The molecule has 42 heavy (non-hydrogen) atoms. The zero-order valence-electron chi connectivity index (χ0n) is 22.5. The zero-order chi connectivity index (χ0) is 29.4. The van der Waals surface area contributed by atoms with Crippen molar-refractivity contribution in [3.05, 3.63) is 112 Å². The van der Waals surface area contributed by atoms with Crippen molar-refractivity contribution in [2.75, 3.05) is 31.6 Å². The molecule has 6 rings (SSSR count). The van der Waals surface area contributed by atoms with Crippen LogP contribution in [0.15, 0.2) is 83.9 Å². The normalized spacial score (nSPS) is 13.4. The summed E-state index contributed by atoms with van der Waals surface area (Å²) in [5.74, 6) is -2.29. The molecule has 11 heteroatoms. The fourth-order valence-electron chi connectivity index (χ4n) is 4.98. The molecular formula is C31H25F2N5O4. The van der Waals surface area contributed by atoms with Gasteiger partial charge in [-0.3, -0.25) is 19.0 Å². The van der Waals surface area contributed by atoms with E-state index in [1.807, 2.05) is 6.07 Å². The summed E-state index contributed by atoms with van der Waals surface area (Å²) in [6.07, 6.45) is 3.12. The van der Waals surface area contributed by atoms with Crippen LogP contribution in [0.5, 0.6) is 0 Å². The van der Waals surface area contributed by atoms with Gasteiger partial charge in [-0.1, -0.05) is 12.1 Å². The van der Waals surface area contributed by atoms with Crippen molar-refractivity contribution >= 4 is 34.2 Å². The quantitative estimate of drug-likeness (QED) is 0.333. The van der Waals surface area contributed by atoms with Crippen LogP contribution in [-0.4, -0.2) is 57.1 Å². The highest BCUT2D eigenvalue weighted by Gasteiger charge is 2.19. The molecule has 2 aromatic heterocycles. The van der Waals surface area contributed by atoms with Gasteiger partial charge in [0.1, 0.15) is 11.6 Å². The summed E-state index contributed by atoms with van der Waals surface area (Å²) in [4.78, 5) is 45.2. The summed E-state index contributed by atoms with van der Waals surface area (Å²) in [5, 5.41) is 3.71. The maximum Gasteiger partial charge on any atom is 0.293 e. The molecule has 0 saturated carbocycles.